The van der Waals surface area contributed by atoms with E-state index in [2.05, 4.69) is 10.3 Å². The number of fused-ring (bicyclic) bond motifs is 1. The summed E-state index contributed by atoms with van der Waals surface area (Å²) in [5.41, 5.74) is 0.839. The van der Waals surface area contributed by atoms with Crippen molar-refractivity contribution in [1.29, 1.82) is 0 Å². The predicted octanol–water partition coefficient (Wildman–Crippen LogP) is -4.77. The number of aromatic nitrogens is 3. The van der Waals surface area contributed by atoms with E-state index in [0.29, 0.717) is 11.3 Å². The van der Waals surface area contributed by atoms with Crippen LogP contribution in [0.25, 0.3) is 6.08 Å². The molecule has 0 spiro atoms. The van der Waals surface area contributed by atoms with Gasteiger partial charge in [0.1, 0.15) is 18.2 Å². The van der Waals surface area contributed by atoms with Gasteiger partial charge in [-0.15, -0.1) is 16.9 Å². The molecule has 1 fully saturated rings. The van der Waals surface area contributed by atoms with Gasteiger partial charge in [-0.2, -0.15) is 0 Å². The average molecular weight is 302 g/mol. The topological polar surface area (TPSA) is 100 Å². The van der Waals surface area contributed by atoms with E-state index in [9.17, 15) is 14.7 Å². The van der Waals surface area contributed by atoms with Gasteiger partial charge >= 0.3 is 29.6 Å². The molecule has 0 saturated carbocycles. The van der Waals surface area contributed by atoms with Crippen molar-refractivity contribution in [1.82, 2.24) is 20.1 Å². The monoisotopic (exact) mass is 302 g/mol. The minimum absolute atomic E-state index is 0. The molecule has 1 aromatic rings. The van der Waals surface area contributed by atoms with Crippen molar-refractivity contribution in [2.75, 3.05) is 7.11 Å². The minimum atomic E-state index is -1.35. The van der Waals surface area contributed by atoms with Gasteiger partial charge in [-0.1, -0.05) is 4.85 Å². The smallest absolute Gasteiger partial charge is 0.543 e. The zero-order valence-electron chi connectivity index (χ0n) is 10.6. The van der Waals surface area contributed by atoms with Gasteiger partial charge in [-0.05, 0) is 16.7 Å². The van der Waals surface area contributed by atoms with Crippen molar-refractivity contribution in [3.05, 3.63) is 28.6 Å². The summed E-state index contributed by atoms with van der Waals surface area (Å²) in [5, 5.41) is 19.3. The van der Waals surface area contributed by atoms with E-state index < -0.39 is 5.97 Å². The number of rotatable bonds is 3. The van der Waals surface area contributed by atoms with E-state index in [1.165, 1.54) is 35.4 Å². The molecule has 0 unspecified atom stereocenters. The Kier molecular flexibility index (Phi) is 4.23. The van der Waals surface area contributed by atoms with E-state index in [1.54, 1.807) is 6.08 Å². The second-order valence-electron chi connectivity index (χ2n) is 3.78. The Morgan fingerprint density at radius 1 is 1.60 bits per heavy atom. The van der Waals surface area contributed by atoms with Gasteiger partial charge < -0.3 is 14.7 Å². The molecule has 3 heterocycles. The maximum absolute atomic E-state index is 11.9. The summed E-state index contributed by atoms with van der Waals surface area (Å²) in [6, 6.07) is 0. The number of thioether (sulfide) groups is 1. The summed E-state index contributed by atoms with van der Waals surface area (Å²) in [6.45, 7) is 0. The predicted molar refractivity (Wildman–Crippen MR) is 61.8 cm³/mol. The van der Waals surface area contributed by atoms with Crippen molar-refractivity contribution in [3.63, 3.8) is 0 Å². The molecular formula is C10H7N4NaO4S. The van der Waals surface area contributed by atoms with Crippen LogP contribution in [0.3, 0.4) is 0 Å². The average Bonchev–Trinajstić information content (AvgIpc) is 3.00. The van der Waals surface area contributed by atoms with Crippen molar-refractivity contribution in [3.8, 4) is 0 Å². The van der Waals surface area contributed by atoms with Crippen molar-refractivity contribution >= 4 is 29.7 Å². The quantitative estimate of drug-likeness (QED) is 0.314. The van der Waals surface area contributed by atoms with Gasteiger partial charge in [0.05, 0.1) is 23.4 Å². The van der Waals surface area contributed by atoms with Crippen LogP contribution in [0.15, 0.2) is 22.9 Å². The summed E-state index contributed by atoms with van der Waals surface area (Å²) in [5.74, 6) is -1.72. The first-order chi connectivity index (χ1) is 9.11. The molecule has 1 atom stereocenters. The fourth-order valence-electron chi connectivity index (χ4n) is 1.83. The number of hydrogen-bond acceptors (Lipinski definition) is 7. The zero-order chi connectivity index (χ0) is 13.6. The molecule has 8 nitrogen and oxygen atoms in total. The zero-order valence-corrected chi connectivity index (χ0v) is 13.5. The van der Waals surface area contributed by atoms with Crippen molar-refractivity contribution in [2.45, 2.75) is 5.37 Å². The van der Waals surface area contributed by atoms with E-state index >= 15 is 0 Å². The molecular weight excluding hydrogens is 295 g/mol. The Morgan fingerprint density at radius 2 is 2.35 bits per heavy atom. The fraction of sp³-hybridized carbons (Fsp3) is 0.200. The third kappa shape index (κ3) is 2.26. The van der Waals surface area contributed by atoms with E-state index in [0.717, 1.165) is 4.85 Å². The molecule has 3 rings (SSSR count). The number of carbonyl (C=O) groups excluding carboxylic acids is 2. The molecule has 1 amide bonds. The maximum Gasteiger partial charge on any atom is 1.00 e. The van der Waals surface area contributed by atoms with Crippen LogP contribution in [-0.2, 0) is 9.59 Å². The van der Waals surface area contributed by atoms with Crippen LogP contribution in [-0.4, -0.2) is 44.4 Å². The number of carboxylic acids is 1. The van der Waals surface area contributed by atoms with E-state index in [1.807, 2.05) is 0 Å². The Bertz CT molecular complexity index is 641. The van der Waals surface area contributed by atoms with Gasteiger partial charge in [0.15, 0.2) is 0 Å². The Labute approximate surface area is 139 Å². The van der Waals surface area contributed by atoms with Crippen LogP contribution in [0.2, 0.25) is 0 Å². The van der Waals surface area contributed by atoms with Crippen LogP contribution < -0.4 is 39.5 Å². The molecule has 1 saturated heterocycles. The van der Waals surface area contributed by atoms with Crippen LogP contribution in [0.5, 0.6) is 0 Å². The van der Waals surface area contributed by atoms with Gasteiger partial charge in [0.25, 0.3) is 5.91 Å². The Balaban J connectivity index is 0.00000147. The molecule has 0 bridgehead atoms. The molecule has 0 N–H and O–H groups in total. The van der Waals surface area contributed by atoms with E-state index in [-0.39, 0.29) is 46.5 Å². The second-order valence-corrected chi connectivity index (χ2v) is 4.74. The summed E-state index contributed by atoms with van der Waals surface area (Å²) < 4.78 is 0. The van der Waals surface area contributed by atoms with Crippen LogP contribution in [0, 0.1) is 0 Å². The summed E-state index contributed by atoms with van der Waals surface area (Å²) in [6.07, 6.45) is 3.07. The number of amides is 1. The number of carboxylic acid groups (broad SMARTS) is 1. The standard InChI is InChI=1S/C10H8N4O4S.Na/c1-18-13-3-5(11-12-13)2-6-8(15)14-7(10(16)17)4-19-9(6)14;/h2-4,9H,1H3,(H,16,17);/q;+1/p-1/b6-2+;/t9-;/m1./s1. The summed E-state index contributed by atoms with van der Waals surface area (Å²) in [7, 11) is 1.44. The molecule has 20 heavy (non-hydrogen) atoms. The summed E-state index contributed by atoms with van der Waals surface area (Å²) >= 11 is 1.24. The summed E-state index contributed by atoms with van der Waals surface area (Å²) in [4.78, 5) is 29.8. The van der Waals surface area contributed by atoms with Gasteiger partial charge in [-0.3, -0.25) is 9.69 Å². The molecule has 0 radical (unpaired) electrons. The van der Waals surface area contributed by atoms with Crippen LogP contribution in [0.1, 0.15) is 5.69 Å². The first-order valence-corrected chi connectivity index (χ1v) is 6.15. The van der Waals surface area contributed by atoms with Crippen LogP contribution in [0.4, 0.5) is 0 Å². The Morgan fingerprint density at radius 3 is 2.95 bits per heavy atom. The molecule has 0 aromatic carbocycles. The second kappa shape index (κ2) is 5.60. The number of hydrogen-bond donors (Lipinski definition) is 0. The number of nitrogens with zero attached hydrogens (tertiary/aromatic N) is 4. The molecule has 98 valence electrons. The van der Waals surface area contributed by atoms with Gasteiger partial charge in [0.2, 0.25) is 0 Å². The number of β-lactam (4-membered cyclic amide) rings is 1. The van der Waals surface area contributed by atoms with Gasteiger partial charge in [-0.25, -0.2) is 0 Å². The molecule has 10 heteroatoms. The van der Waals surface area contributed by atoms with Crippen molar-refractivity contribution in [2.24, 2.45) is 0 Å². The third-order valence-electron chi connectivity index (χ3n) is 2.73. The van der Waals surface area contributed by atoms with Gasteiger partial charge in [0, 0.05) is 0 Å². The minimum Gasteiger partial charge on any atom is -0.543 e. The molecule has 2 aliphatic rings. The SMILES string of the molecule is COn1cc(/C=C2\C(=O)N3C(C(=O)[O-])=CS[C@H]23)nn1.[Na+]. The fourth-order valence-corrected chi connectivity index (χ4v) is 2.95. The number of carbonyl (C=O) groups is 2. The van der Waals surface area contributed by atoms with Crippen LogP contribution >= 0.6 is 11.8 Å². The third-order valence-corrected chi connectivity index (χ3v) is 3.81. The number of aliphatic carboxylic acids is 1. The Hall–Kier alpha value is -1.29. The largest absolute Gasteiger partial charge is 1.00 e. The van der Waals surface area contributed by atoms with Crippen molar-refractivity contribution < 1.29 is 49.1 Å². The maximum atomic E-state index is 11.9. The normalized spacial score (nSPS) is 21.9. The first kappa shape index (κ1) is 15.1. The first-order valence-electron chi connectivity index (χ1n) is 5.21. The van der Waals surface area contributed by atoms with E-state index in [4.69, 9.17) is 4.84 Å². The molecule has 0 aliphatic carbocycles. The molecule has 1 aromatic heterocycles. The molecule has 2 aliphatic heterocycles.